The molecule has 0 aliphatic heterocycles. The third kappa shape index (κ3) is 4.71. The molecule has 0 bridgehead atoms. The minimum Gasteiger partial charge on any atom is -0.387 e. The predicted octanol–water partition coefficient (Wildman–Crippen LogP) is 3.93. The number of halogens is 2. The lowest BCUT2D eigenvalue weighted by molar-refractivity contribution is -0.00177. The Morgan fingerprint density at radius 1 is 1.41 bits per heavy atom. The van der Waals surface area contributed by atoms with E-state index in [2.05, 4.69) is 20.6 Å². The van der Waals surface area contributed by atoms with Crippen LogP contribution in [0.4, 0.5) is 15.2 Å². The number of aromatic nitrogens is 2. The summed E-state index contributed by atoms with van der Waals surface area (Å²) >= 11 is 7.39. The molecule has 0 aliphatic carbocycles. The Bertz CT molecular complexity index is 940. The van der Waals surface area contributed by atoms with Crippen LogP contribution in [0.15, 0.2) is 36.5 Å². The number of nitrogens with zero attached hydrogens (tertiary/aromatic N) is 2. The van der Waals surface area contributed by atoms with Gasteiger partial charge >= 0.3 is 0 Å². The van der Waals surface area contributed by atoms with Crippen molar-refractivity contribution < 1.29 is 14.3 Å². The van der Waals surface area contributed by atoms with Gasteiger partial charge in [0.15, 0.2) is 5.13 Å². The third-order valence-electron chi connectivity index (χ3n) is 3.86. The van der Waals surface area contributed by atoms with Gasteiger partial charge in [-0.3, -0.25) is 4.79 Å². The number of alkyl halides is 1. The SMILES string of the molecule is CC(C)(O)C(F)CNC(=O)c1cnc(Cl)cc1Nc1nc2ccccc2s1. The molecule has 2 aromatic heterocycles. The molecular weight excluding hydrogens is 391 g/mol. The maximum absolute atomic E-state index is 13.9. The van der Waals surface area contributed by atoms with Crippen LogP contribution in [-0.2, 0) is 0 Å². The molecule has 142 valence electrons. The normalized spacial score (nSPS) is 12.8. The number of rotatable bonds is 6. The predicted molar refractivity (Wildman–Crippen MR) is 106 cm³/mol. The van der Waals surface area contributed by atoms with E-state index in [0.717, 1.165) is 10.2 Å². The minimum absolute atomic E-state index is 0.196. The number of aliphatic hydroxyl groups is 1. The summed E-state index contributed by atoms with van der Waals surface area (Å²) in [6, 6.07) is 9.16. The molecule has 0 radical (unpaired) electrons. The molecule has 1 unspecified atom stereocenters. The fourth-order valence-electron chi connectivity index (χ4n) is 2.28. The zero-order chi connectivity index (χ0) is 19.6. The number of amides is 1. The first-order valence-corrected chi connectivity index (χ1v) is 9.36. The van der Waals surface area contributed by atoms with E-state index in [4.69, 9.17) is 11.6 Å². The van der Waals surface area contributed by atoms with Gasteiger partial charge < -0.3 is 15.7 Å². The molecule has 0 spiro atoms. The summed E-state index contributed by atoms with van der Waals surface area (Å²) in [5.41, 5.74) is -0.110. The van der Waals surface area contributed by atoms with Gasteiger partial charge in [-0.25, -0.2) is 14.4 Å². The van der Waals surface area contributed by atoms with Crippen molar-refractivity contribution in [2.45, 2.75) is 25.6 Å². The average Bonchev–Trinajstić information content (AvgIpc) is 3.00. The monoisotopic (exact) mass is 408 g/mol. The highest BCUT2D eigenvalue weighted by Crippen LogP contribution is 2.30. The molecule has 3 N–H and O–H groups in total. The van der Waals surface area contributed by atoms with E-state index in [0.29, 0.717) is 10.8 Å². The van der Waals surface area contributed by atoms with Crippen molar-refractivity contribution in [1.82, 2.24) is 15.3 Å². The highest BCUT2D eigenvalue weighted by atomic mass is 35.5. The van der Waals surface area contributed by atoms with Gasteiger partial charge in [-0.15, -0.1) is 0 Å². The summed E-state index contributed by atoms with van der Waals surface area (Å²) in [6.45, 7) is 2.35. The van der Waals surface area contributed by atoms with Gasteiger partial charge in [0.2, 0.25) is 0 Å². The van der Waals surface area contributed by atoms with Gasteiger partial charge in [0.25, 0.3) is 5.91 Å². The molecule has 0 aliphatic rings. The Morgan fingerprint density at radius 3 is 2.85 bits per heavy atom. The van der Waals surface area contributed by atoms with Crippen molar-refractivity contribution in [2.75, 3.05) is 11.9 Å². The zero-order valence-electron chi connectivity index (χ0n) is 14.7. The first-order chi connectivity index (χ1) is 12.7. The second-order valence-corrected chi connectivity index (χ2v) is 7.91. The van der Waals surface area contributed by atoms with Crippen LogP contribution in [0.2, 0.25) is 5.15 Å². The molecule has 1 amide bonds. The molecule has 6 nitrogen and oxygen atoms in total. The Hall–Kier alpha value is -2.29. The smallest absolute Gasteiger partial charge is 0.255 e. The molecule has 0 saturated heterocycles. The molecule has 9 heteroatoms. The number of thiazole rings is 1. The van der Waals surface area contributed by atoms with Crippen LogP contribution in [-0.4, -0.2) is 39.3 Å². The number of fused-ring (bicyclic) bond motifs is 1. The lowest BCUT2D eigenvalue weighted by atomic mass is 10.0. The maximum Gasteiger partial charge on any atom is 0.255 e. The van der Waals surface area contributed by atoms with Crippen LogP contribution in [0.1, 0.15) is 24.2 Å². The summed E-state index contributed by atoms with van der Waals surface area (Å²) in [6.07, 6.45) is -0.299. The van der Waals surface area contributed by atoms with Gasteiger partial charge in [-0.05, 0) is 32.0 Å². The van der Waals surface area contributed by atoms with Crippen molar-refractivity contribution in [3.63, 3.8) is 0 Å². The molecule has 1 atom stereocenters. The first-order valence-electron chi connectivity index (χ1n) is 8.17. The molecule has 0 saturated carbocycles. The number of hydrogen-bond donors (Lipinski definition) is 3. The Balaban J connectivity index is 1.81. The lowest BCUT2D eigenvalue weighted by Crippen LogP contribution is -2.42. The van der Waals surface area contributed by atoms with E-state index in [-0.39, 0.29) is 17.3 Å². The van der Waals surface area contributed by atoms with Gasteiger partial charge in [0, 0.05) is 6.20 Å². The molecule has 3 rings (SSSR count). The summed E-state index contributed by atoms with van der Waals surface area (Å²) in [5, 5.41) is 16.0. The van der Waals surface area contributed by atoms with Crippen molar-refractivity contribution in [1.29, 1.82) is 0 Å². The second-order valence-electron chi connectivity index (χ2n) is 6.50. The molecule has 1 aromatic carbocycles. The largest absolute Gasteiger partial charge is 0.387 e. The van der Waals surface area contributed by atoms with E-state index in [1.165, 1.54) is 37.4 Å². The number of anilines is 2. The first kappa shape index (κ1) is 19.5. The number of carbonyl (C=O) groups excluding carboxylic acids is 1. The number of benzene rings is 1. The van der Waals surface area contributed by atoms with Crippen molar-refractivity contribution in [2.24, 2.45) is 0 Å². The lowest BCUT2D eigenvalue weighted by Gasteiger charge is -2.22. The molecular formula is C18H18ClFN4O2S. The molecule has 0 fully saturated rings. The van der Waals surface area contributed by atoms with Crippen LogP contribution in [0.25, 0.3) is 10.2 Å². The van der Waals surface area contributed by atoms with E-state index in [1.807, 2.05) is 24.3 Å². The molecule has 3 aromatic rings. The highest BCUT2D eigenvalue weighted by Gasteiger charge is 2.27. The maximum atomic E-state index is 13.9. The summed E-state index contributed by atoms with van der Waals surface area (Å²) in [4.78, 5) is 20.9. The topological polar surface area (TPSA) is 87.1 Å². The van der Waals surface area contributed by atoms with E-state index in [9.17, 15) is 14.3 Å². The third-order valence-corrected chi connectivity index (χ3v) is 5.02. The van der Waals surface area contributed by atoms with Crippen molar-refractivity contribution in [3.8, 4) is 0 Å². The van der Waals surface area contributed by atoms with Crippen molar-refractivity contribution >= 4 is 49.9 Å². The average molecular weight is 409 g/mol. The Morgan fingerprint density at radius 2 is 2.15 bits per heavy atom. The van der Waals surface area contributed by atoms with Gasteiger partial charge in [0.1, 0.15) is 11.3 Å². The quantitative estimate of drug-likeness (QED) is 0.538. The summed E-state index contributed by atoms with van der Waals surface area (Å²) in [7, 11) is 0. The number of nitrogens with one attached hydrogen (secondary N) is 2. The second kappa shape index (κ2) is 7.75. The van der Waals surface area contributed by atoms with Crippen molar-refractivity contribution in [3.05, 3.63) is 47.2 Å². The fourth-order valence-corrected chi connectivity index (χ4v) is 3.32. The van der Waals surface area contributed by atoms with Gasteiger partial charge in [-0.2, -0.15) is 0 Å². The van der Waals surface area contributed by atoms with E-state index < -0.39 is 17.7 Å². The number of pyridine rings is 1. The van der Waals surface area contributed by atoms with Crippen LogP contribution in [0.3, 0.4) is 0 Å². The van der Waals surface area contributed by atoms with Gasteiger partial charge in [0.05, 0.1) is 33.6 Å². The van der Waals surface area contributed by atoms with Crippen LogP contribution in [0, 0.1) is 0 Å². The van der Waals surface area contributed by atoms with Crippen LogP contribution >= 0.6 is 22.9 Å². The van der Waals surface area contributed by atoms with E-state index >= 15 is 0 Å². The number of para-hydroxylation sites is 1. The molecule has 2 heterocycles. The highest BCUT2D eigenvalue weighted by molar-refractivity contribution is 7.22. The summed E-state index contributed by atoms with van der Waals surface area (Å²) in [5.74, 6) is -0.533. The zero-order valence-corrected chi connectivity index (χ0v) is 16.2. The Labute approximate surface area is 164 Å². The van der Waals surface area contributed by atoms with Crippen LogP contribution < -0.4 is 10.6 Å². The number of hydrogen-bond acceptors (Lipinski definition) is 6. The minimum atomic E-state index is -1.61. The summed E-state index contributed by atoms with van der Waals surface area (Å²) < 4.78 is 14.9. The Kier molecular flexibility index (Phi) is 5.59. The molecule has 27 heavy (non-hydrogen) atoms. The standard InChI is InChI=1S/C18H18ClFN4O2S/c1-18(2,26)14(20)9-22-16(25)10-8-21-15(19)7-12(10)24-17-23-11-5-3-4-6-13(11)27-17/h3-8,14,26H,9H2,1-2H3,(H,22,25)(H,21,23,24). The van der Waals surface area contributed by atoms with Gasteiger partial charge in [-0.1, -0.05) is 35.1 Å². The van der Waals surface area contributed by atoms with E-state index in [1.54, 1.807) is 0 Å². The van der Waals surface area contributed by atoms with Crippen LogP contribution in [0.5, 0.6) is 0 Å². The fraction of sp³-hybridized carbons (Fsp3) is 0.278. The number of carbonyl (C=O) groups is 1.